The summed E-state index contributed by atoms with van der Waals surface area (Å²) in [6.07, 6.45) is 0. The van der Waals surface area contributed by atoms with Gasteiger partial charge in [-0.3, -0.25) is 0 Å². The van der Waals surface area contributed by atoms with Gasteiger partial charge < -0.3 is 5.32 Å². The molecular weight excluding hydrogens is 224 g/mol. The second kappa shape index (κ2) is 4.84. The molecule has 0 fully saturated rings. The number of anilines is 1. The lowest BCUT2D eigenvalue weighted by Crippen LogP contribution is -2.15. The quantitative estimate of drug-likeness (QED) is 0.844. The number of hydrogen-bond acceptors (Lipinski definition) is 3. The minimum atomic E-state index is -3.63. The number of primary sulfonamides is 1. The molecule has 0 heterocycles. The van der Waals surface area contributed by atoms with E-state index in [4.69, 9.17) is 5.14 Å². The van der Waals surface area contributed by atoms with Gasteiger partial charge in [0.05, 0.1) is 4.90 Å². The van der Waals surface area contributed by atoms with Crippen LogP contribution in [0.15, 0.2) is 23.1 Å². The van der Waals surface area contributed by atoms with Crippen molar-refractivity contribution in [2.45, 2.75) is 25.7 Å². The number of sulfonamides is 1. The fourth-order valence-electron chi connectivity index (χ4n) is 1.43. The summed E-state index contributed by atoms with van der Waals surface area (Å²) in [7, 11) is -3.63. The SMILES string of the molecule is Cc1c(NCC(C)C)cccc1S(N)(=O)=O. The van der Waals surface area contributed by atoms with Crippen LogP contribution >= 0.6 is 0 Å². The zero-order chi connectivity index (χ0) is 12.3. The van der Waals surface area contributed by atoms with Crippen LogP contribution in [0.3, 0.4) is 0 Å². The van der Waals surface area contributed by atoms with Gasteiger partial charge in [0.1, 0.15) is 0 Å². The molecule has 3 N–H and O–H groups in total. The monoisotopic (exact) mass is 242 g/mol. The highest BCUT2D eigenvalue weighted by Gasteiger charge is 2.13. The molecule has 0 radical (unpaired) electrons. The van der Waals surface area contributed by atoms with E-state index in [0.717, 1.165) is 12.2 Å². The lowest BCUT2D eigenvalue weighted by atomic mass is 10.1. The first kappa shape index (κ1) is 13.0. The zero-order valence-corrected chi connectivity index (χ0v) is 10.6. The van der Waals surface area contributed by atoms with E-state index in [2.05, 4.69) is 19.2 Å². The van der Waals surface area contributed by atoms with E-state index in [0.29, 0.717) is 11.5 Å². The third-order valence-electron chi connectivity index (χ3n) is 2.29. The Kier molecular flexibility index (Phi) is 3.93. The normalized spacial score (nSPS) is 11.8. The van der Waals surface area contributed by atoms with Gasteiger partial charge in [-0.1, -0.05) is 19.9 Å². The van der Waals surface area contributed by atoms with Crippen molar-refractivity contribution in [3.8, 4) is 0 Å². The molecule has 0 unspecified atom stereocenters. The molecule has 1 rings (SSSR count). The van der Waals surface area contributed by atoms with E-state index in [1.54, 1.807) is 13.0 Å². The smallest absolute Gasteiger partial charge is 0.238 e. The predicted octanol–water partition coefficient (Wildman–Crippen LogP) is 1.71. The lowest BCUT2D eigenvalue weighted by molar-refractivity contribution is 0.597. The fourth-order valence-corrected chi connectivity index (χ4v) is 2.23. The zero-order valence-electron chi connectivity index (χ0n) is 9.82. The summed E-state index contributed by atoms with van der Waals surface area (Å²) in [5, 5.41) is 8.33. The van der Waals surface area contributed by atoms with Crippen molar-refractivity contribution < 1.29 is 8.42 Å². The van der Waals surface area contributed by atoms with Crippen molar-refractivity contribution in [3.63, 3.8) is 0 Å². The van der Waals surface area contributed by atoms with E-state index in [9.17, 15) is 8.42 Å². The molecule has 5 heteroatoms. The van der Waals surface area contributed by atoms with Crippen LogP contribution < -0.4 is 10.5 Å². The topological polar surface area (TPSA) is 72.2 Å². The molecule has 0 amide bonds. The first-order valence-corrected chi connectivity index (χ1v) is 6.73. The van der Waals surface area contributed by atoms with Crippen molar-refractivity contribution in [2.75, 3.05) is 11.9 Å². The van der Waals surface area contributed by atoms with E-state index in [-0.39, 0.29) is 4.90 Å². The summed E-state index contributed by atoms with van der Waals surface area (Å²) < 4.78 is 22.6. The predicted molar refractivity (Wildman–Crippen MR) is 65.9 cm³/mol. The molecule has 90 valence electrons. The number of hydrogen-bond donors (Lipinski definition) is 2. The van der Waals surface area contributed by atoms with Crippen LogP contribution in [0.25, 0.3) is 0 Å². The van der Waals surface area contributed by atoms with Gasteiger partial charge in [-0.25, -0.2) is 13.6 Å². The molecule has 0 aliphatic carbocycles. The molecule has 0 aliphatic heterocycles. The Balaban J connectivity index is 3.05. The van der Waals surface area contributed by atoms with E-state index >= 15 is 0 Å². The summed E-state index contributed by atoms with van der Waals surface area (Å²) >= 11 is 0. The summed E-state index contributed by atoms with van der Waals surface area (Å²) in [4.78, 5) is 0.182. The highest BCUT2D eigenvalue weighted by molar-refractivity contribution is 7.89. The second-order valence-electron chi connectivity index (χ2n) is 4.25. The Labute approximate surface area is 96.9 Å². The Hall–Kier alpha value is -1.07. The van der Waals surface area contributed by atoms with Crippen LogP contribution in [0.2, 0.25) is 0 Å². The van der Waals surface area contributed by atoms with Gasteiger partial charge in [0.15, 0.2) is 0 Å². The molecule has 0 aliphatic rings. The molecule has 0 saturated heterocycles. The maximum atomic E-state index is 11.3. The average molecular weight is 242 g/mol. The summed E-state index contributed by atoms with van der Waals surface area (Å²) in [6.45, 7) is 6.73. The average Bonchev–Trinajstić information content (AvgIpc) is 2.14. The number of benzene rings is 1. The number of nitrogens with two attached hydrogens (primary N) is 1. The molecular formula is C11H18N2O2S. The minimum absolute atomic E-state index is 0.182. The molecule has 0 spiro atoms. The van der Waals surface area contributed by atoms with Gasteiger partial charge in [0.2, 0.25) is 10.0 Å². The molecule has 1 aromatic rings. The minimum Gasteiger partial charge on any atom is -0.385 e. The first-order valence-electron chi connectivity index (χ1n) is 5.18. The molecule has 16 heavy (non-hydrogen) atoms. The fraction of sp³-hybridized carbons (Fsp3) is 0.455. The van der Waals surface area contributed by atoms with Crippen LogP contribution in [0.1, 0.15) is 19.4 Å². The van der Waals surface area contributed by atoms with Crippen molar-refractivity contribution in [3.05, 3.63) is 23.8 Å². The maximum absolute atomic E-state index is 11.3. The van der Waals surface area contributed by atoms with Crippen molar-refractivity contribution >= 4 is 15.7 Å². The Morgan fingerprint density at radius 1 is 1.38 bits per heavy atom. The van der Waals surface area contributed by atoms with Crippen LogP contribution in [-0.2, 0) is 10.0 Å². The number of nitrogens with one attached hydrogen (secondary N) is 1. The van der Waals surface area contributed by atoms with E-state index in [1.807, 2.05) is 6.07 Å². The Bertz CT molecular complexity index is 467. The number of rotatable bonds is 4. The van der Waals surface area contributed by atoms with Gasteiger partial charge in [-0.2, -0.15) is 0 Å². The van der Waals surface area contributed by atoms with Gasteiger partial charge >= 0.3 is 0 Å². The molecule has 4 nitrogen and oxygen atoms in total. The van der Waals surface area contributed by atoms with Gasteiger partial charge in [0, 0.05) is 12.2 Å². The van der Waals surface area contributed by atoms with Crippen molar-refractivity contribution in [1.82, 2.24) is 0 Å². The first-order chi connectivity index (χ1) is 7.32. The van der Waals surface area contributed by atoms with Gasteiger partial charge in [-0.05, 0) is 30.5 Å². The Morgan fingerprint density at radius 2 is 2.00 bits per heavy atom. The Morgan fingerprint density at radius 3 is 2.50 bits per heavy atom. The molecule has 1 aromatic carbocycles. The summed E-state index contributed by atoms with van der Waals surface area (Å²) in [5.74, 6) is 0.498. The molecule has 0 saturated carbocycles. The lowest BCUT2D eigenvalue weighted by Gasteiger charge is -2.13. The van der Waals surface area contributed by atoms with Crippen molar-refractivity contribution in [1.29, 1.82) is 0 Å². The van der Waals surface area contributed by atoms with Crippen LogP contribution in [0, 0.1) is 12.8 Å². The highest BCUT2D eigenvalue weighted by atomic mass is 32.2. The van der Waals surface area contributed by atoms with E-state index in [1.165, 1.54) is 6.07 Å². The second-order valence-corrected chi connectivity index (χ2v) is 5.78. The van der Waals surface area contributed by atoms with E-state index < -0.39 is 10.0 Å². The molecule has 0 atom stereocenters. The summed E-state index contributed by atoms with van der Waals surface area (Å²) in [5.41, 5.74) is 1.49. The van der Waals surface area contributed by atoms with Gasteiger partial charge in [-0.15, -0.1) is 0 Å². The standard InChI is InChI=1S/C11H18N2O2S/c1-8(2)7-13-10-5-4-6-11(9(10)3)16(12,14)15/h4-6,8,13H,7H2,1-3H3,(H2,12,14,15). The van der Waals surface area contributed by atoms with Gasteiger partial charge in [0.25, 0.3) is 0 Å². The van der Waals surface area contributed by atoms with Crippen molar-refractivity contribution in [2.24, 2.45) is 11.1 Å². The molecule has 0 bridgehead atoms. The summed E-state index contributed by atoms with van der Waals surface area (Å²) in [6, 6.07) is 5.06. The third kappa shape index (κ3) is 3.21. The van der Waals surface area contributed by atoms with Crippen LogP contribution in [0.5, 0.6) is 0 Å². The van der Waals surface area contributed by atoms with Crippen LogP contribution in [0.4, 0.5) is 5.69 Å². The highest BCUT2D eigenvalue weighted by Crippen LogP contribution is 2.22. The third-order valence-corrected chi connectivity index (χ3v) is 3.35. The maximum Gasteiger partial charge on any atom is 0.238 e. The largest absolute Gasteiger partial charge is 0.385 e. The molecule has 0 aromatic heterocycles. The van der Waals surface area contributed by atoms with Crippen LogP contribution in [-0.4, -0.2) is 15.0 Å².